The first kappa shape index (κ1) is 14.4. The summed E-state index contributed by atoms with van der Waals surface area (Å²) in [5.41, 5.74) is 6.72. The van der Waals surface area contributed by atoms with E-state index in [1.54, 1.807) is 12.1 Å². The first-order valence-electron chi connectivity index (χ1n) is 6.71. The minimum atomic E-state index is -0.383. The fourth-order valence-electron chi connectivity index (χ4n) is 1.93. The van der Waals surface area contributed by atoms with Crippen LogP contribution in [0.1, 0.15) is 42.8 Å². The van der Waals surface area contributed by atoms with Crippen LogP contribution in [0.4, 0.5) is 10.1 Å². The Bertz CT molecular complexity index is 611. The van der Waals surface area contributed by atoms with Crippen LogP contribution in [0.15, 0.2) is 18.2 Å². The standard InChI is InChI=1S/C15H19FN4/c1-9(2)15-19-10(3)18-14(20-15)7-5-11-4-6-12(16)13(17)8-11/h4,6,8-9H,5,7,17H2,1-3H3. The van der Waals surface area contributed by atoms with Crippen molar-refractivity contribution in [3.63, 3.8) is 0 Å². The monoisotopic (exact) mass is 274 g/mol. The summed E-state index contributed by atoms with van der Waals surface area (Å²) >= 11 is 0. The number of halogens is 1. The van der Waals surface area contributed by atoms with Crippen molar-refractivity contribution in [2.24, 2.45) is 0 Å². The van der Waals surface area contributed by atoms with Gasteiger partial charge in [-0.1, -0.05) is 19.9 Å². The normalized spacial score (nSPS) is 11.1. The lowest BCUT2D eigenvalue weighted by Gasteiger charge is -2.08. The van der Waals surface area contributed by atoms with Crippen LogP contribution in [0.2, 0.25) is 0 Å². The van der Waals surface area contributed by atoms with Gasteiger partial charge in [0.15, 0.2) is 0 Å². The third-order valence-electron chi connectivity index (χ3n) is 3.02. The van der Waals surface area contributed by atoms with Crippen molar-refractivity contribution in [3.05, 3.63) is 47.1 Å². The summed E-state index contributed by atoms with van der Waals surface area (Å²) in [6.45, 7) is 5.98. The Labute approximate surface area is 118 Å². The van der Waals surface area contributed by atoms with Crippen molar-refractivity contribution in [1.29, 1.82) is 0 Å². The highest BCUT2D eigenvalue weighted by atomic mass is 19.1. The molecule has 0 radical (unpaired) electrons. The Hall–Kier alpha value is -2.04. The van der Waals surface area contributed by atoms with Crippen LogP contribution >= 0.6 is 0 Å². The van der Waals surface area contributed by atoms with Gasteiger partial charge in [0.1, 0.15) is 23.3 Å². The van der Waals surface area contributed by atoms with Gasteiger partial charge < -0.3 is 5.73 Å². The molecular weight excluding hydrogens is 255 g/mol. The number of nitrogen functional groups attached to an aromatic ring is 1. The lowest BCUT2D eigenvalue weighted by molar-refractivity contribution is 0.631. The third-order valence-corrected chi connectivity index (χ3v) is 3.02. The van der Waals surface area contributed by atoms with Crippen molar-refractivity contribution in [2.45, 2.75) is 39.5 Å². The molecule has 0 atom stereocenters. The van der Waals surface area contributed by atoms with Crippen LogP contribution < -0.4 is 5.73 Å². The maximum atomic E-state index is 13.1. The summed E-state index contributed by atoms with van der Waals surface area (Å²) in [4.78, 5) is 13.1. The van der Waals surface area contributed by atoms with Gasteiger partial charge in [-0.3, -0.25) is 0 Å². The van der Waals surface area contributed by atoms with E-state index in [9.17, 15) is 4.39 Å². The maximum Gasteiger partial charge on any atom is 0.146 e. The number of nitrogens with two attached hydrogens (primary N) is 1. The number of aromatic nitrogens is 3. The Morgan fingerprint density at radius 2 is 1.90 bits per heavy atom. The molecule has 0 saturated heterocycles. The summed E-state index contributed by atoms with van der Waals surface area (Å²) in [5, 5.41) is 0. The van der Waals surface area contributed by atoms with Crippen LogP contribution in [-0.4, -0.2) is 15.0 Å². The van der Waals surface area contributed by atoms with E-state index < -0.39 is 0 Å². The van der Waals surface area contributed by atoms with Crippen LogP contribution in [0.25, 0.3) is 0 Å². The van der Waals surface area contributed by atoms with Gasteiger partial charge in [0, 0.05) is 12.3 Å². The van der Waals surface area contributed by atoms with Crippen molar-refractivity contribution >= 4 is 5.69 Å². The van der Waals surface area contributed by atoms with Crippen LogP contribution in [0.3, 0.4) is 0 Å². The zero-order valence-corrected chi connectivity index (χ0v) is 12.0. The highest BCUT2D eigenvalue weighted by Crippen LogP contribution is 2.14. The lowest BCUT2D eigenvalue weighted by atomic mass is 10.1. The molecule has 0 spiro atoms. The Balaban J connectivity index is 2.12. The molecule has 0 bridgehead atoms. The smallest absolute Gasteiger partial charge is 0.146 e. The molecule has 0 aliphatic rings. The fraction of sp³-hybridized carbons (Fsp3) is 0.400. The molecule has 4 nitrogen and oxygen atoms in total. The number of nitrogens with zero attached hydrogens (tertiary/aromatic N) is 3. The van der Waals surface area contributed by atoms with E-state index in [4.69, 9.17) is 5.73 Å². The molecule has 1 aromatic carbocycles. The van der Waals surface area contributed by atoms with E-state index in [-0.39, 0.29) is 17.4 Å². The molecule has 0 aliphatic heterocycles. The van der Waals surface area contributed by atoms with E-state index in [0.717, 1.165) is 29.5 Å². The molecule has 2 rings (SSSR count). The van der Waals surface area contributed by atoms with E-state index >= 15 is 0 Å². The number of hydrogen-bond donors (Lipinski definition) is 1. The maximum absolute atomic E-state index is 13.1. The molecular formula is C15H19FN4. The van der Waals surface area contributed by atoms with Gasteiger partial charge in [-0.15, -0.1) is 0 Å². The Kier molecular flexibility index (Phi) is 4.27. The number of benzene rings is 1. The zero-order valence-electron chi connectivity index (χ0n) is 12.0. The lowest BCUT2D eigenvalue weighted by Crippen LogP contribution is -2.08. The van der Waals surface area contributed by atoms with Crippen LogP contribution in [0.5, 0.6) is 0 Å². The number of hydrogen-bond acceptors (Lipinski definition) is 4. The van der Waals surface area contributed by atoms with Crippen LogP contribution in [-0.2, 0) is 12.8 Å². The third kappa shape index (κ3) is 3.50. The molecule has 1 heterocycles. The van der Waals surface area contributed by atoms with E-state index in [0.29, 0.717) is 6.42 Å². The number of anilines is 1. The summed E-state index contributed by atoms with van der Waals surface area (Å²) in [6.07, 6.45) is 1.42. The average Bonchev–Trinajstić information content (AvgIpc) is 2.39. The predicted molar refractivity (Wildman–Crippen MR) is 76.9 cm³/mol. The Morgan fingerprint density at radius 3 is 2.55 bits per heavy atom. The number of aryl methyl sites for hydroxylation is 3. The largest absolute Gasteiger partial charge is 0.396 e. The molecule has 0 saturated carbocycles. The average molecular weight is 274 g/mol. The van der Waals surface area contributed by atoms with Gasteiger partial charge in [0.25, 0.3) is 0 Å². The van der Waals surface area contributed by atoms with Gasteiger partial charge >= 0.3 is 0 Å². The minimum Gasteiger partial charge on any atom is -0.396 e. The van der Waals surface area contributed by atoms with E-state index in [1.165, 1.54) is 6.07 Å². The Morgan fingerprint density at radius 1 is 1.15 bits per heavy atom. The van der Waals surface area contributed by atoms with Crippen molar-refractivity contribution in [2.75, 3.05) is 5.73 Å². The highest BCUT2D eigenvalue weighted by Gasteiger charge is 2.08. The van der Waals surface area contributed by atoms with Gasteiger partial charge in [-0.2, -0.15) is 0 Å². The van der Waals surface area contributed by atoms with E-state index in [2.05, 4.69) is 28.8 Å². The summed E-state index contributed by atoms with van der Waals surface area (Å²) in [6, 6.07) is 4.79. The summed E-state index contributed by atoms with van der Waals surface area (Å²) in [7, 11) is 0. The molecule has 20 heavy (non-hydrogen) atoms. The first-order chi connectivity index (χ1) is 9.45. The topological polar surface area (TPSA) is 64.7 Å². The fourth-order valence-corrected chi connectivity index (χ4v) is 1.93. The van der Waals surface area contributed by atoms with E-state index in [1.807, 2.05) is 6.92 Å². The van der Waals surface area contributed by atoms with Crippen molar-refractivity contribution in [1.82, 2.24) is 15.0 Å². The molecule has 2 aromatic rings. The second kappa shape index (κ2) is 5.94. The van der Waals surface area contributed by atoms with Crippen LogP contribution in [0, 0.1) is 12.7 Å². The number of rotatable bonds is 4. The summed E-state index contributed by atoms with van der Waals surface area (Å²) in [5.74, 6) is 2.20. The molecule has 1 aromatic heterocycles. The van der Waals surface area contributed by atoms with Gasteiger partial charge in [-0.25, -0.2) is 19.3 Å². The molecule has 2 N–H and O–H groups in total. The molecule has 0 aliphatic carbocycles. The van der Waals surface area contributed by atoms with Crippen molar-refractivity contribution in [3.8, 4) is 0 Å². The molecule has 5 heteroatoms. The van der Waals surface area contributed by atoms with Gasteiger partial charge in [0.05, 0.1) is 5.69 Å². The SMILES string of the molecule is Cc1nc(CCc2ccc(F)c(N)c2)nc(C(C)C)n1. The second-order valence-electron chi connectivity index (χ2n) is 5.17. The first-order valence-corrected chi connectivity index (χ1v) is 6.71. The zero-order chi connectivity index (χ0) is 14.7. The van der Waals surface area contributed by atoms with Gasteiger partial charge in [-0.05, 0) is 31.0 Å². The molecule has 0 amide bonds. The molecule has 0 fully saturated rings. The quantitative estimate of drug-likeness (QED) is 0.871. The van der Waals surface area contributed by atoms with Gasteiger partial charge in [0.2, 0.25) is 0 Å². The molecule has 0 unspecified atom stereocenters. The minimum absolute atomic E-state index is 0.178. The highest BCUT2D eigenvalue weighted by molar-refractivity contribution is 5.42. The summed E-state index contributed by atoms with van der Waals surface area (Å²) < 4.78 is 13.1. The molecule has 106 valence electrons. The predicted octanol–water partition coefficient (Wildman–Crippen LogP) is 2.81. The second-order valence-corrected chi connectivity index (χ2v) is 5.17. The van der Waals surface area contributed by atoms with Crippen molar-refractivity contribution < 1.29 is 4.39 Å².